The number of hydrogen-bond donors (Lipinski definition) is 1. The fourth-order valence-corrected chi connectivity index (χ4v) is 2.80. The number of benzene rings is 1. The van der Waals surface area contributed by atoms with Crippen molar-refractivity contribution < 1.29 is 9.53 Å². The van der Waals surface area contributed by atoms with Crippen LogP contribution >= 0.6 is 0 Å². The van der Waals surface area contributed by atoms with Crippen molar-refractivity contribution in [2.75, 3.05) is 19.7 Å². The van der Waals surface area contributed by atoms with Crippen LogP contribution in [0.25, 0.3) is 6.08 Å². The molecule has 0 heterocycles. The van der Waals surface area contributed by atoms with E-state index in [1.165, 1.54) is 0 Å². The maximum Gasteiger partial charge on any atom is 0.156 e. The summed E-state index contributed by atoms with van der Waals surface area (Å²) < 4.78 is 5.66. The number of hydrogen-bond acceptors (Lipinski definition) is 3. The van der Waals surface area contributed by atoms with E-state index in [0.29, 0.717) is 13.0 Å². The molecule has 1 aromatic carbocycles. The summed E-state index contributed by atoms with van der Waals surface area (Å²) in [4.78, 5) is 11.8. The van der Waals surface area contributed by atoms with Gasteiger partial charge < -0.3 is 10.1 Å². The van der Waals surface area contributed by atoms with Gasteiger partial charge in [-0.1, -0.05) is 45.1 Å². The number of likely N-dealkylation sites (N-methyl/N-ethyl adjacent to an activating group) is 1. The lowest BCUT2D eigenvalue weighted by Gasteiger charge is -2.27. The van der Waals surface area contributed by atoms with Crippen LogP contribution in [0.3, 0.4) is 0 Å². The third-order valence-electron chi connectivity index (χ3n) is 3.85. The van der Waals surface area contributed by atoms with Crippen LogP contribution in [0, 0.1) is 5.41 Å². The fraction of sp³-hybridized carbons (Fsp3) is 0.450. The predicted molar refractivity (Wildman–Crippen MR) is 95.6 cm³/mol. The standard InChI is InChI=1S/C20H27NO2/c1-4-21-11-12-23-19-9-7-16(8-10-19)5-6-17-13-18(22)15-20(2,3)14-17/h5-10,13,21H,4,11-12,14-15H2,1-3H3/b6-5+. The first-order chi connectivity index (χ1) is 11.0. The van der Waals surface area contributed by atoms with Crippen LogP contribution in [0.1, 0.15) is 39.2 Å². The molecule has 3 heteroatoms. The Morgan fingerprint density at radius 2 is 1.91 bits per heavy atom. The van der Waals surface area contributed by atoms with Crippen LogP contribution in [0.15, 0.2) is 42.0 Å². The van der Waals surface area contributed by atoms with Crippen molar-refractivity contribution in [2.45, 2.75) is 33.6 Å². The molecule has 0 unspecified atom stereocenters. The van der Waals surface area contributed by atoms with E-state index in [-0.39, 0.29) is 11.2 Å². The molecule has 0 saturated heterocycles. The van der Waals surface area contributed by atoms with Gasteiger partial charge in [0, 0.05) is 13.0 Å². The summed E-state index contributed by atoms with van der Waals surface area (Å²) in [6, 6.07) is 8.04. The summed E-state index contributed by atoms with van der Waals surface area (Å²) >= 11 is 0. The molecule has 1 N–H and O–H groups in total. The summed E-state index contributed by atoms with van der Waals surface area (Å²) in [5.41, 5.74) is 2.29. The van der Waals surface area contributed by atoms with Crippen LogP contribution in [-0.2, 0) is 4.79 Å². The zero-order valence-electron chi connectivity index (χ0n) is 14.4. The highest BCUT2D eigenvalue weighted by atomic mass is 16.5. The average Bonchev–Trinajstić information content (AvgIpc) is 2.49. The van der Waals surface area contributed by atoms with Gasteiger partial charge in [-0.25, -0.2) is 0 Å². The van der Waals surface area contributed by atoms with Gasteiger partial charge in [0.05, 0.1) is 0 Å². The molecule has 1 aromatic rings. The molecule has 3 nitrogen and oxygen atoms in total. The molecular formula is C20H27NO2. The van der Waals surface area contributed by atoms with Crippen LogP contribution in [0.2, 0.25) is 0 Å². The van der Waals surface area contributed by atoms with E-state index in [9.17, 15) is 4.79 Å². The highest BCUT2D eigenvalue weighted by Crippen LogP contribution is 2.34. The zero-order valence-corrected chi connectivity index (χ0v) is 14.4. The normalized spacial score (nSPS) is 17.3. The van der Waals surface area contributed by atoms with Crippen LogP contribution in [-0.4, -0.2) is 25.5 Å². The minimum atomic E-state index is 0.0652. The van der Waals surface area contributed by atoms with E-state index in [4.69, 9.17) is 4.74 Å². The molecule has 0 spiro atoms. The quantitative estimate of drug-likeness (QED) is 0.773. The second-order valence-electron chi connectivity index (χ2n) is 6.81. The Labute approximate surface area is 139 Å². The van der Waals surface area contributed by atoms with Crippen molar-refractivity contribution in [3.8, 4) is 5.75 Å². The van der Waals surface area contributed by atoms with Gasteiger partial charge in [-0.3, -0.25) is 4.79 Å². The minimum absolute atomic E-state index is 0.0652. The second kappa shape index (κ2) is 8.11. The molecule has 1 aliphatic carbocycles. The highest BCUT2D eigenvalue weighted by Gasteiger charge is 2.26. The van der Waals surface area contributed by atoms with Gasteiger partial charge >= 0.3 is 0 Å². The first kappa shape index (κ1) is 17.5. The van der Waals surface area contributed by atoms with E-state index in [1.807, 2.05) is 24.3 Å². The van der Waals surface area contributed by atoms with E-state index in [2.05, 4.69) is 38.2 Å². The van der Waals surface area contributed by atoms with Gasteiger partial charge in [0.25, 0.3) is 0 Å². The molecule has 23 heavy (non-hydrogen) atoms. The maximum absolute atomic E-state index is 11.8. The lowest BCUT2D eigenvalue weighted by Crippen LogP contribution is -2.21. The Morgan fingerprint density at radius 1 is 1.17 bits per heavy atom. The molecular weight excluding hydrogens is 286 g/mol. The third-order valence-corrected chi connectivity index (χ3v) is 3.85. The number of ketones is 1. The largest absolute Gasteiger partial charge is 0.492 e. The Morgan fingerprint density at radius 3 is 2.57 bits per heavy atom. The van der Waals surface area contributed by atoms with Gasteiger partial charge in [0.15, 0.2) is 5.78 Å². The van der Waals surface area contributed by atoms with Crippen molar-refractivity contribution in [1.29, 1.82) is 0 Å². The maximum atomic E-state index is 11.8. The highest BCUT2D eigenvalue weighted by molar-refractivity contribution is 5.92. The Balaban J connectivity index is 1.91. The van der Waals surface area contributed by atoms with Crippen molar-refractivity contribution in [3.05, 3.63) is 47.6 Å². The van der Waals surface area contributed by atoms with Gasteiger partial charge in [-0.05, 0) is 47.7 Å². The molecule has 0 bridgehead atoms. The first-order valence-electron chi connectivity index (χ1n) is 8.33. The molecule has 0 radical (unpaired) electrons. The van der Waals surface area contributed by atoms with E-state index >= 15 is 0 Å². The number of nitrogens with one attached hydrogen (secondary N) is 1. The Hall–Kier alpha value is -1.87. The van der Waals surface area contributed by atoms with Gasteiger partial charge in [0.1, 0.15) is 12.4 Å². The van der Waals surface area contributed by atoms with Crippen molar-refractivity contribution in [2.24, 2.45) is 5.41 Å². The molecule has 0 aliphatic heterocycles. The number of allylic oxidation sites excluding steroid dienone is 3. The Bertz CT molecular complexity index is 582. The van der Waals surface area contributed by atoms with Gasteiger partial charge in [-0.15, -0.1) is 0 Å². The first-order valence-corrected chi connectivity index (χ1v) is 8.33. The van der Waals surface area contributed by atoms with E-state index in [1.54, 1.807) is 6.08 Å². The second-order valence-corrected chi connectivity index (χ2v) is 6.81. The zero-order chi connectivity index (χ0) is 16.7. The minimum Gasteiger partial charge on any atom is -0.492 e. The SMILES string of the molecule is CCNCCOc1ccc(/C=C/C2=CC(=O)CC(C)(C)C2)cc1. The summed E-state index contributed by atoms with van der Waals surface area (Å²) in [6.07, 6.45) is 7.48. The van der Waals surface area contributed by atoms with Gasteiger partial charge in [-0.2, -0.15) is 0 Å². The molecule has 0 aromatic heterocycles. The van der Waals surface area contributed by atoms with Crippen molar-refractivity contribution in [1.82, 2.24) is 5.32 Å². The molecule has 124 valence electrons. The molecule has 2 rings (SSSR count). The van der Waals surface area contributed by atoms with Crippen molar-refractivity contribution in [3.63, 3.8) is 0 Å². The monoisotopic (exact) mass is 313 g/mol. The van der Waals surface area contributed by atoms with Crippen LogP contribution in [0.5, 0.6) is 5.75 Å². The van der Waals surface area contributed by atoms with Crippen LogP contribution < -0.4 is 10.1 Å². The lowest BCUT2D eigenvalue weighted by atomic mass is 9.77. The molecule has 0 saturated carbocycles. The number of rotatable bonds is 7. The van der Waals surface area contributed by atoms with Crippen molar-refractivity contribution >= 4 is 11.9 Å². The lowest BCUT2D eigenvalue weighted by molar-refractivity contribution is -0.116. The Kier molecular flexibility index (Phi) is 6.17. The molecule has 0 atom stereocenters. The number of carbonyl (C=O) groups is 1. The van der Waals surface area contributed by atoms with E-state index < -0.39 is 0 Å². The van der Waals surface area contributed by atoms with Crippen LogP contribution in [0.4, 0.5) is 0 Å². The summed E-state index contributed by atoms with van der Waals surface area (Å²) in [6.45, 7) is 8.86. The van der Waals surface area contributed by atoms with E-state index in [0.717, 1.165) is 36.4 Å². The number of ether oxygens (including phenoxy) is 1. The third kappa shape index (κ3) is 6.03. The number of carbonyl (C=O) groups excluding carboxylic acids is 1. The average molecular weight is 313 g/mol. The fourth-order valence-electron chi connectivity index (χ4n) is 2.80. The summed E-state index contributed by atoms with van der Waals surface area (Å²) in [7, 11) is 0. The predicted octanol–water partition coefficient (Wildman–Crippen LogP) is 4.00. The topological polar surface area (TPSA) is 38.3 Å². The summed E-state index contributed by atoms with van der Waals surface area (Å²) in [5, 5.41) is 3.23. The molecule has 1 aliphatic rings. The smallest absolute Gasteiger partial charge is 0.156 e. The molecule has 0 amide bonds. The summed E-state index contributed by atoms with van der Waals surface area (Å²) in [5.74, 6) is 1.11. The molecule has 0 fully saturated rings. The van der Waals surface area contributed by atoms with Gasteiger partial charge in [0.2, 0.25) is 0 Å².